The van der Waals surface area contributed by atoms with Crippen molar-refractivity contribution in [1.29, 1.82) is 0 Å². The van der Waals surface area contributed by atoms with Gasteiger partial charge in [0.05, 0.1) is 27.9 Å². The topological polar surface area (TPSA) is 83.4 Å². The lowest BCUT2D eigenvalue weighted by atomic mass is 9.69. The van der Waals surface area contributed by atoms with Crippen LogP contribution in [0, 0.1) is 5.92 Å². The van der Waals surface area contributed by atoms with Crippen molar-refractivity contribution < 1.29 is 28.5 Å². The quantitative estimate of drug-likeness (QED) is 0.470. The SMILES string of the molecule is CCCOC(=O)C1C(C)=NC2=C(C(=O)CC(c3ccc(OC)c(OC)c3)C2)C1c1ccccc1OC. The van der Waals surface area contributed by atoms with Crippen LogP contribution < -0.4 is 14.2 Å². The number of aliphatic imine (C=N–C) groups is 1. The zero-order chi connectivity index (χ0) is 25.8. The van der Waals surface area contributed by atoms with E-state index in [-0.39, 0.29) is 17.7 Å². The number of rotatable bonds is 8. The van der Waals surface area contributed by atoms with Gasteiger partial charge in [0.15, 0.2) is 17.3 Å². The van der Waals surface area contributed by atoms with Crippen LogP contribution in [0.15, 0.2) is 58.7 Å². The average Bonchev–Trinajstić information content (AvgIpc) is 2.90. The predicted octanol–water partition coefficient (Wildman–Crippen LogP) is 5.24. The summed E-state index contributed by atoms with van der Waals surface area (Å²) in [6.07, 6.45) is 1.61. The Balaban J connectivity index is 1.79. The van der Waals surface area contributed by atoms with Gasteiger partial charge in [0.25, 0.3) is 0 Å². The number of esters is 1. The Kier molecular flexibility index (Phi) is 7.77. The number of para-hydroxylation sites is 1. The van der Waals surface area contributed by atoms with Crippen LogP contribution in [-0.2, 0) is 14.3 Å². The molecule has 2 aromatic carbocycles. The van der Waals surface area contributed by atoms with E-state index < -0.39 is 11.8 Å². The lowest BCUT2D eigenvalue weighted by molar-refractivity contribution is -0.146. The number of allylic oxidation sites excluding steroid dienone is 2. The molecule has 0 amide bonds. The normalized spacial score (nSPS) is 21.4. The van der Waals surface area contributed by atoms with Gasteiger partial charge >= 0.3 is 5.97 Å². The van der Waals surface area contributed by atoms with E-state index >= 15 is 0 Å². The van der Waals surface area contributed by atoms with Gasteiger partial charge in [0.1, 0.15) is 11.7 Å². The molecule has 0 saturated carbocycles. The molecule has 1 heterocycles. The number of benzene rings is 2. The molecule has 4 rings (SSSR count). The van der Waals surface area contributed by atoms with Crippen LogP contribution >= 0.6 is 0 Å². The zero-order valence-corrected chi connectivity index (χ0v) is 21.5. The number of Topliss-reactive ketones (excluding diaryl/α,β-unsaturated/α-hetero) is 1. The second kappa shape index (κ2) is 11.0. The molecule has 0 bridgehead atoms. The van der Waals surface area contributed by atoms with Crippen LogP contribution in [0.25, 0.3) is 0 Å². The third-order valence-corrected chi connectivity index (χ3v) is 6.94. The Morgan fingerprint density at radius 2 is 1.69 bits per heavy atom. The first kappa shape index (κ1) is 25.5. The summed E-state index contributed by atoms with van der Waals surface area (Å²) in [5, 5.41) is 0. The minimum Gasteiger partial charge on any atom is -0.496 e. The predicted molar refractivity (Wildman–Crippen MR) is 137 cm³/mol. The van der Waals surface area contributed by atoms with Crippen molar-refractivity contribution in [2.45, 2.75) is 44.9 Å². The highest BCUT2D eigenvalue weighted by molar-refractivity contribution is 6.09. The summed E-state index contributed by atoms with van der Waals surface area (Å²) in [4.78, 5) is 31.9. The van der Waals surface area contributed by atoms with E-state index in [1.54, 1.807) is 21.3 Å². The molecular formula is C29H33NO6. The number of carbonyl (C=O) groups excluding carboxylic acids is 2. The molecule has 2 aromatic rings. The summed E-state index contributed by atoms with van der Waals surface area (Å²) in [5.41, 5.74) is 3.72. The monoisotopic (exact) mass is 491 g/mol. The fourth-order valence-corrected chi connectivity index (χ4v) is 5.26. The maximum absolute atomic E-state index is 13.8. The fourth-order valence-electron chi connectivity index (χ4n) is 5.26. The molecule has 190 valence electrons. The van der Waals surface area contributed by atoms with E-state index in [2.05, 4.69) is 0 Å². The van der Waals surface area contributed by atoms with Crippen LogP contribution in [-0.4, -0.2) is 45.4 Å². The second-order valence-corrected chi connectivity index (χ2v) is 9.12. The van der Waals surface area contributed by atoms with Gasteiger partial charge in [-0.25, -0.2) is 0 Å². The van der Waals surface area contributed by atoms with Gasteiger partial charge in [0, 0.05) is 34.9 Å². The highest BCUT2D eigenvalue weighted by Crippen LogP contribution is 2.49. The Bertz CT molecular complexity index is 1210. The van der Waals surface area contributed by atoms with Crippen molar-refractivity contribution in [1.82, 2.24) is 0 Å². The largest absolute Gasteiger partial charge is 0.496 e. The number of carbonyl (C=O) groups is 2. The van der Waals surface area contributed by atoms with Crippen molar-refractivity contribution in [2.24, 2.45) is 10.9 Å². The summed E-state index contributed by atoms with van der Waals surface area (Å²) < 4.78 is 22.0. The molecular weight excluding hydrogens is 458 g/mol. The second-order valence-electron chi connectivity index (χ2n) is 9.12. The molecule has 0 aromatic heterocycles. The number of hydrogen-bond acceptors (Lipinski definition) is 7. The first-order valence-electron chi connectivity index (χ1n) is 12.3. The third-order valence-electron chi connectivity index (χ3n) is 6.94. The molecule has 0 radical (unpaired) electrons. The van der Waals surface area contributed by atoms with Gasteiger partial charge in [-0.1, -0.05) is 31.2 Å². The molecule has 36 heavy (non-hydrogen) atoms. The first-order valence-corrected chi connectivity index (χ1v) is 12.3. The van der Waals surface area contributed by atoms with Gasteiger partial charge < -0.3 is 18.9 Å². The molecule has 0 saturated heterocycles. The van der Waals surface area contributed by atoms with Crippen molar-refractivity contribution in [2.75, 3.05) is 27.9 Å². The van der Waals surface area contributed by atoms with Gasteiger partial charge in [-0.2, -0.15) is 0 Å². The molecule has 7 heteroatoms. The van der Waals surface area contributed by atoms with Crippen LogP contribution in [0.5, 0.6) is 17.2 Å². The van der Waals surface area contributed by atoms with Gasteiger partial charge in [-0.05, 0) is 49.4 Å². The zero-order valence-electron chi connectivity index (χ0n) is 21.5. The van der Waals surface area contributed by atoms with Crippen LogP contribution in [0.3, 0.4) is 0 Å². The Morgan fingerprint density at radius 3 is 2.39 bits per heavy atom. The van der Waals surface area contributed by atoms with E-state index in [0.29, 0.717) is 54.4 Å². The Labute approximate surface area is 212 Å². The number of nitrogens with zero attached hydrogens (tertiary/aromatic N) is 1. The number of methoxy groups -OCH3 is 3. The molecule has 0 spiro atoms. The average molecular weight is 492 g/mol. The van der Waals surface area contributed by atoms with Crippen LogP contribution in [0.1, 0.15) is 56.1 Å². The number of ether oxygens (including phenoxy) is 4. The van der Waals surface area contributed by atoms with Crippen LogP contribution in [0.4, 0.5) is 0 Å². The maximum atomic E-state index is 13.8. The lowest BCUT2D eigenvalue weighted by Gasteiger charge is -2.37. The maximum Gasteiger partial charge on any atom is 0.315 e. The molecule has 3 unspecified atom stereocenters. The van der Waals surface area contributed by atoms with Gasteiger partial charge in [-0.3, -0.25) is 14.6 Å². The fraction of sp³-hybridized carbons (Fsp3) is 0.414. The molecule has 1 aliphatic carbocycles. The Morgan fingerprint density at radius 1 is 0.972 bits per heavy atom. The van der Waals surface area contributed by atoms with E-state index in [1.807, 2.05) is 56.3 Å². The van der Waals surface area contributed by atoms with Crippen molar-refractivity contribution >= 4 is 17.5 Å². The van der Waals surface area contributed by atoms with Gasteiger partial charge in [-0.15, -0.1) is 0 Å². The highest BCUT2D eigenvalue weighted by atomic mass is 16.5. The van der Waals surface area contributed by atoms with Crippen molar-refractivity contribution in [3.05, 3.63) is 64.9 Å². The summed E-state index contributed by atoms with van der Waals surface area (Å²) >= 11 is 0. The molecule has 3 atom stereocenters. The smallest absolute Gasteiger partial charge is 0.315 e. The lowest BCUT2D eigenvalue weighted by Crippen LogP contribution is -2.38. The van der Waals surface area contributed by atoms with Gasteiger partial charge in [0.2, 0.25) is 0 Å². The summed E-state index contributed by atoms with van der Waals surface area (Å²) in [5.74, 6) is 0.245. The Hall–Kier alpha value is -3.61. The van der Waals surface area contributed by atoms with Crippen molar-refractivity contribution in [3.63, 3.8) is 0 Å². The van der Waals surface area contributed by atoms with Crippen LogP contribution in [0.2, 0.25) is 0 Å². The third kappa shape index (κ3) is 4.74. The molecule has 1 aliphatic heterocycles. The summed E-state index contributed by atoms with van der Waals surface area (Å²) in [7, 11) is 4.79. The highest BCUT2D eigenvalue weighted by Gasteiger charge is 2.45. The molecule has 2 aliphatic rings. The van der Waals surface area contributed by atoms with E-state index in [1.165, 1.54) is 0 Å². The minimum absolute atomic E-state index is 0.0171. The molecule has 7 nitrogen and oxygen atoms in total. The van der Waals surface area contributed by atoms with E-state index in [4.69, 9.17) is 23.9 Å². The molecule has 0 N–H and O–H groups in total. The van der Waals surface area contributed by atoms with E-state index in [0.717, 1.165) is 16.8 Å². The van der Waals surface area contributed by atoms with E-state index in [9.17, 15) is 9.59 Å². The number of hydrogen-bond donors (Lipinski definition) is 0. The van der Waals surface area contributed by atoms with Crippen molar-refractivity contribution in [3.8, 4) is 17.2 Å². The summed E-state index contributed by atoms with van der Waals surface area (Å²) in [6.45, 7) is 4.11. The number of ketones is 1. The first-order chi connectivity index (χ1) is 17.4. The summed E-state index contributed by atoms with van der Waals surface area (Å²) in [6, 6.07) is 13.3. The molecule has 0 fully saturated rings. The standard InChI is InChI=1S/C29H33NO6/c1-6-13-36-29(32)26-17(2)30-21-14-19(18-11-12-24(34-4)25(16-18)35-5)15-22(31)28(21)27(26)20-9-7-8-10-23(20)33-3/h7-12,16,19,26-27H,6,13-15H2,1-5H3. The minimum atomic E-state index is -0.687.